The van der Waals surface area contributed by atoms with E-state index in [1.807, 2.05) is 30.3 Å². The lowest BCUT2D eigenvalue weighted by Crippen LogP contribution is -2.62. The number of hydrogen-bond acceptors (Lipinski definition) is 7. The molecule has 7 nitrogen and oxygen atoms in total. The van der Waals surface area contributed by atoms with Gasteiger partial charge in [0, 0.05) is 26.2 Å². The van der Waals surface area contributed by atoms with Gasteiger partial charge in [0.15, 0.2) is 6.29 Å². The van der Waals surface area contributed by atoms with Crippen molar-refractivity contribution >= 4 is 6.08 Å². The summed E-state index contributed by atoms with van der Waals surface area (Å²) in [5.41, 5.74) is 1.00. The van der Waals surface area contributed by atoms with Crippen LogP contribution in [0.5, 0.6) is 0 Å². The number of hydrogen-bond donors (Lipinski definition) is 1. The number of unbranched alkanes of at least 4 members (excludes halogenated alkanes) is 3. The molecule has 0 spiro atoms. The molecule has 0 bridgehead atoms. The van der Waals surface area contributed by atoms with Crippen molar-refractivity contribution in [2.45, 2.75) is 102 Å². The monoisotopic (exact) mass is 463 g/mol. The average Bonchev–Trinajstić information content (AvgIpc) is 2.82. The van der Waals surface area contributed by atoms with Crippen LogP contribution in [0.3, 0.4) is 0 Å². The van der Waals surface area contributed by atoms with Crippen LogP contribution in [-0.2, 0) is 30.2 Å². The summed E-state index contributed by atoms with van der Waals surface area (Å²) in [4.78, 5) is 15.3. The molecule has 186 valence electrons. The number of carbonyl (C=O) groups excluding carboxylic acids is 1. The topological polar surface area (TPSA) is 86.6 Å². The molecular formula is C26H41NO6. The molecule has 2 rings (SSSR count). The molecule has 1 aliphatic rings. The highest BCUT2D eigenvalue weighted by Crippen LogP contribution is 2.32. The molecule has 1 N–H and O–H groups in total. The Morgan fingerprint density at radius 1 is 0.939 bits per heavy atom. The Labute approximate surface area is 198 Å². The van der Waals surface area contributed by atoms with E-state index in [9.17, 15) is 9.90 Å². The second-order valence-electron chi connectivity index (χ2n) is 8.54. The number of ether oxygens (including phenoxy) is 4. The fourth-order valence-corrected chi connectivity index (χ4v) is 3.92. The lowest BCUT2D eigenvalue weighted by atomic mass is 9.90. The Morgan fingerprint density at radius 3 is 2.09 bits per heavy atom. The summed E-state index contributed by atoms with van der Waals surface area (Å²) in [5.74, 6) is 0. The Kier molecular flexibility index (Phi) is 13.5. The van der Waals surface area contributed by atoms with Crippen molar-refractivity contribution in [2.75, 3.05) is 19.8 Å². The highest BCUT2D eigenvalue weighted by atomic mass is 16.7. The van der Waals surface area contributed by atoms with Gasteiger partial charge in [-0.05, 0) is 24.8 Å². The zero-order chi connectivity index (χ0) is 23.9. The number of aliphatic hydroxyl groups is 1. The molecule has 1 heterocycles. The van der Waals surface area contributed by atoms with Crippen molar-refractivity contribution in [3.8, 4) is 0 Å². The highest BCUT2D eigenvalue weighted by molar-refractivity contribution is 5.34. The summed E-state index contributed by atoms with van der Waals surface area (Å²) in [5, 5.41) is 11.2. The van der Waals surface area contributed by atoms with E-state index in [0.29, 0.717) is 26.2 Å². The van der Waals surface area contributed by atoms with Crippen LogP contribution in [0.2, 0.25) is 0 Å². The first-order valence-electron chi connectivity index (χ1n) is 12.4. The second-order valence-corrected chi connectivity index (χ2v) is 8.54. The molecule has 33 heavy (non-hydrogen) atoms. The van der Waals surface area contributed by atoms with Crippen molar-refractivity contribution < 1.29 is 28.8 Å². The molecule has 0 aromatic heterocycles. The minimum Gasteiger partial charge on any atom is -0.390 e. The highest BCUT2D eigenvalue weighted by Gasteiger charge is 2.50. The molecule has 2 unspecified atom stereocenters. The van der Waals surface area contributed by atoms with Crippen LogP contribution in [0.1, 0.15) is 64.9 Å². The van der Waals surface area contributed by atoms with Gasteiger partial charge >= 0.3 is 0 Å². The predicted octanol–water partition coefficient (Wildman–Crippen LogP) is 4.21. The molecular weight excluding hydrogens is 422 g/mol. The molecule has 1 aromatic carbocycles. The van der Waals surface area contributed by atoms with Gasteiger partial charge in [0.2, 0.25) is 6.08 Å². The maximum Gasteiger partial charge on any atom is 0.235 e. The number of aliphatic imine (C=N–C) groups is 1. The Morgan fingerprint density at radius 2 is 1.52 bits per heavy atom. The van der Waals surface area contributed by atoms with Gasteiger partial charge < -0.3 is 24.1 Å². The van der Waals surface area contributed by atoms with Gasteiger partial charge in [0.1, 0.15) is 24.4 Å². The van der Waals surface area contributed by atoms with Gasteiger partial charge in [0.05, 0.1) is 6.10 Å². The number of benzene rings is 1. The van der Waals surface area contributed by atoms with Gasteiger partial charge in [0.25, 0.3) is 0 Å². The van der Waals surface area contributed by atoms with Crippen molar-refractivity contribution in [3.63, 3.8) is 0 Å². The van der Waals surface area contributed by atoms with Crippen molar-refractivity contribution in [1.82, 2.24) is 0 Å². The van der Waals surface area contributed by atoms with Gasteiger partial charge in [-0.3, -0.25) is 0 Å². The zero-order valence-electron chi connectivity index (χ0n) is 20.4. The Hall–Kier alpha value is -1.60. The quantitative estimate of drug-likeness (QED) is 0.225. The molecule has 1 saturated heterocycles. The SMILES string of the molecule is CCCCOC1O[C@H](C(O)Cc2ccccc2)[C@@H](OCCCC)[C@H](OCCCC)[C@H]1N=C=O. The van der Waals surface area contributed by atoms with Crippen LogP contribution in [-0.4, -0.2) is 67.8 Å². The molecule has 0 saturated carbocycles. The lowest BCUT2D eigenvalue weighted by Gasteiger charge is -2.45. The van der Waals surface area contributed by atoms with Crippen LogP contribution in [0.25, 0.3) is 0 Å². The summed E-state index contributed by atoms with van der Waals surface area (Å²) in [6.07, 6.45) is 4.09. The number of rotatable bonds is 16. The van der Waals surface area contributed by atoms with Gasteiger partial charge in [-0.25, -0.2) is 4.79 Å². The van der Waals surface area contributed by atoms with E-state index in [1.54, 1.807) is 6.08 Å². The minimum absolute atomic E-state index is 0.407. The van der Waals surface area contributed by atoms with E-state index in [-0.39, 0.29) is 0 Å². The summed E-state index contributed by atoms with van der Waals surface area (Å²) in [6.45, 7) is 7.74. The van der Waals surface area contributed by atoms with Crippen molar-refractivity contribution in [3.05, 3.63) is 35.9 Å². The van der Waals surface area contributed by atoms with Crippen LogP contribution < -0.4 is 0 Å². The van der Waals surface area contributed by atoms with Crippen molar-refractivity contribution in [1.29, 1.82) is 0 Å². The van der Waals surface area contributed by atoms with Crippen LogP contribution in [0.15, 0.2) is 35.3 Å². The molecule has 0 amide bonds. The average molecular weight is 464 g/mol. The normalized spacial score (nSPS) is 26.0. The predicted molar refractivity (Wildman–Crippen MR) is 127 cm³/mol. The fourth-order valence-electron chi connectivity index (χ4n) is 3.92. The van der Waals surface area contributed by atoms with Crippen LogP contribution >= 0.6 is 0 Å². The van der Waals surface area contributed by atoms with Gasteiger partial charge in [-0.1, -0.05) is 70.4 Å². The molecule has 6 atom stereocenters. The van der Waals surface area contributed by atoms with E-state index in [1.165, 1.54) is 0 Å². The minimum atomic E-state index is -0.838. The summed E-state index contributed by atoms with van der Waals surface area (Å²) in [6, 6.07) is 9.08. The maximum absolute atomic E-state index is 11.3. The Balaban J connectivity index is 2.32. The molecule has 0 radical (unpaired) electrons. The first-order chi connectivity index (χ1) is 16.2. The maximum atomic E-state index is 11.3. The summed E-state index contributed by atoms with van der Waals surface area (Å²) >= 11 is 0. The molecule has 0 aliphatic carbocycles. The van der Waals surface area contributed by atoms with E-state index in [4.69, 9.17) is 18.9 Å². The molecule has 7 heteroatoms. The van der Waals surface area contributed by atoms with E-state index in [0.717, 1.165) is 44.1 Å². The third kappa shape index (κ3) is 8.93. The fraction of sp³-hybridized carbons (Fsp3) is 0.731. The largest absolute Gasteiger partial charge is 0.390 e. The first-order valence-corrected chi connectivity index (χ1v) is 12.4. The van der Waals surface area contributed by atoms with Crippen LogP contribution in [0, 0.1) is 0 Å². The number of isocyanates is 1. The van der Waals surface area contributed by atoms with Crippen LogP contribution in [0.4, 0.5) is 0 Å². The molecule has 1 fully saturated rings. The second kappa shape index (κ2) is 16.1. The third-order valence-electron chi connectivity index (χ3n) is 5.82. The lowest BCUT2D eigenvalue weighted by molar-refractivity contribution is -0.290. The number of nitrogens with zero attached hydrogens (tertiary/aromatic N) is 1. The smallest absolute Gasteiger partial charge is 0.235 e. The Bertz CT molecular complexity index is 681. The number of aliphatic hydroxyl groups excluding tert-OH is 1. The van der Waals surface area contributed by atoms with E-state index in [2.05, 4.69) is 25.8 Å². The van der Waals surface area contributed by atoms with E-state index < -0.39 is 36.7 Å². The molecule has 1 aliphatic heterocycles. The van der Waals surface area contributed by atoms with Gasteiger partial charge in [-0.15, -0.1) is 0 Å². The summed E-state index contributed by atoms with van der Waals surface area (Å²) < 4.78 is 24.7. The van der Waals surface area contributed by atoms with E-state index >= 15 is 0 Å². The standard InChI is InChI=1S/C26H41NO6/c1-4-7-15-30-24-22(27-19-28)26(32-17-9-6-3)33-23(25(24)31-16-8-5-2)21(29)18-20-13-11-10-12-14-20/h10-14,21-26,29H,4-9,15-18H2,1-3H3/t21?,22-,23-,24-,25-,26?/m1/s1. The van der Waals surface area contributed by atoms with Crippen molar-refractivity contribution in [2.24, 2.45) is 4.99 Å². The third-order valence-corrected chi connectivity index (χ3v) is 5.82. The van der Waals surface area contributed by atoms with Gasteiger partial charge in [-0.2, -0.15) is 4.99 Å². The summed E-state index contributed by atoms with van der Waals surface area (Å²) in [7, 11) is 0. The first kappa shape index (κ1) is 27.6. The zero-order valence-corrected chi connectivity index (χ0v) is 20.4. The molecule has 1 aromatic rings.